The monoisotopic (exact) mass is 639 g/mol. The number of aliphatic hydroxyl groups excluding tert-OH is 5. The van der Waals surface area contributed by atoms with Crippen molar-refractivity contribution in [2.24, 2.45) is 0 Å². The van der Waals surface area contributed by atoms with Crippen LogP contribution >= 0.6 is 0 Å². The van der Waals surface area contributed by atoms with Crippen molar-refractivity contribution in [1.82, 2.24) is 5.32 Å². The molecule has 7 atom stereocenters. The van der Waals surface area contributed by atoms with Gasteiger partial charge in [-0.25, -0.2) is 0 Å². The molecule has 0 aromatic carbocycles. The van der Waals surface area contributed by atoms with Crippen LogP contribution < -0.4 is 5.32 Å². The van der Waals surface area contributed by atoms with E-state index in [1.165, 1.54) is 19.3 Å². The van der Waals surface area contributed by atoms with Gasteiger partial charge < -0.3 is 40.3 Å². The van der Waals surface area contributed by atoms with Crippen molar-refractivity contribution in [3.63, 3.8) is 0 Å². The molecule has 1 fully saturated rings. The van der Waals surface area contributed by atoms with Crippen LogP contribution in [0.4, 0.5) is 0 Å². The average Bonchev–Trinajstić information content (AvgIpc) is 3.03. The van der Waals surface area contributed by atoms with Crippen LogP contribution in [0.5, 0.6) is 0 Å². The second-order valence-electron chi connectivity index (χ2n) is 12.3. The van der Waals surface area contributed by atoms with Crippen molar-refractivity contribution in [2.75, 3.05) is 13.2 Å². The van der Waals surface area contributed by atoms with E-state index in [0.29, 0.717) is 12.8 Å². The number of allylic oxidation sites excluding steroid dienone is 6. The van der Waals surface area contributed by atoms with E-state index in [1.807, 2.05) is 0 Å². The summed E-state index contributed by atoms with van der Waals surface area (Å²) in [6, 6.07) is -0.718. The highest BCUT2D eigenvalue weighted by Gasteiger charge is 2.44. The molecule has 0 radical (unpaired) electrons. The number of carbonyl (C=O) groups is 1. The Morgan fingerprint density at radius 3 is 2.04 bits per heavy atom. The lowest BCUT2D eigenvalue weighted by Crippen LogP contribution is -2.60. The Labute approximate surface area is 272 Å². The highest BCUT2D eigenvalue weighted by atomic mass is 16.7. The summed E-state index contributed by atoms with van der Waals surface area (Å²) >= 11 is 0. The molecule has 1 aliphatic rings. The molecule has 0 aliphatic carbocycles. The molecule has 7 unspecified atom stereocenters. The third kappa shape index (κ3) is 19.6. The first-order chi connectivity index (χ1) is 21.8. The summed E-state index contributed by atoms with van der Waals surface area (Å²) in [6.45, 7) is 3.59. The molecular weight excluding hydrogens is 574 g/mol. The number of hydrogen-bond acceptors (Lipinski definition) is 8. The van der Waals surface area contributed by atoms with Gasteiger partial charge in [-0.1, -0.05) is 115 Å². The first kappa shape index (κ1) is 41.4. The molecular formula is C36H65NO8. The molecule has 45 heavy (non-hydrogen) atoms. The number of carbonyl (C=O) groups excluding carboxylic acids is 1. The van der Waals surface area contributed by atoms with Crippen molar-refractivity contribution in [2.45, 2.75) is 172 Å². The minimum Gasteiger partial charge on any atom is -0.394 e. The fraction of sp³-hybridized carbons (Fsp3) is 0.806. The normalized spacial score (nSPS) is 23.8. The maximum atomic E-state index is 12.8. The SMILES string of the molecule is CC/C=C\C/C=C\C/C=C\CCCCCCCCCC(=O)NC(COC1OC(CO)C(O)C(O)C1O)C(O)CCCCCCC. The maximum absolute atomic E-state index is 12.8. The predicted molar refractivity (Wildman–Crippen MR) is 180 cm³/mol. The summed E-state index contributed by atoms with van der Waals surface area (Å²) in [5, 5.41) is 53.6. The number of unbranched alkanes of at least 4 members (excludes halogenated alkanes) is 11. The van der Waals surface area contributed by atoms with Crippen LogP contribution in [-0.4, -0.2) is 87.5 Å². The van der Waals surface area contributed by atoms with E-state index in [1.54, 1.807) is 0 Å². The van der Waals surface area contributed by atoms with Crippen LogP contribution in [0.3, 0.4) is 0 Å². The fourth-order valence-electron chi connectivity index (χ4n) is 5.35. The molecule has 0 saturated carbocycles. The van der Waals surface area contributed by atoms with Crippen molar-refractivity contribution in [1.29, 1.82) is 0 Å². The average molecular weight is 640 g/mol. The summed E-state index contributed by atoms with van der Waals surface area (Å²) in [7, 11) is 0. The number of amides is 1. The fourth-order valence-corrected chi connectivity index (χ4v) is 5.35. The van der Waals surface area contributed by atoms with Gasteiger partial charge in [0.15, 0.2) is 6.29 Å². The van der Waals surface area contributed by atoms with Crippen LogP contribution in [0, 0.1) is 0 Å². The zero-order valence-corrected chi connectivity index (χ0v) is 28.1. The summed E-state index contributed by atoms with van der Waals surface area (Å²) in [5.74, 6) is -0.165. The zero-order chi connectivity index (χ0) is 33.1. The lowest BCUT2D eigenvalue weighted by atomic mass is 9.99. The molecule has 1 heterocycles. The third-order valence-corrected chi connectivity index (χ3v) is 8.26. The lowest BCUT2D eigenvalue weighted by molar-refractivity contribution is -0.302. The molecule has 0 spiro atoms. The largest absolute Gasteiger partial charge is 0.394 e. The molecule has 1 amide bonds. The molecule has 9 nitrogen and oxygen atoms in total. The predicted octanol–water partition coefficient (Wildman–Crippen LogP) is 5.38. The number of ether oxygens (including phenoxy) is 2. The van der Waals surface area contributed by atoms with E-state index in [4.69, 9.17) is 9.47 Å². The van der Waals surface area contributed by atoms with Gasteiger partial charge in [0.1, 0.15) is 24.4 Å². The van der Waals surface area contributed by atoms with Crippen molar-refractivity contribution < 1.29 is 39.8 Å². The van der Waals surface area contributed by atoms with E-state index >= 15 is 0 Å². The van der Waals surface area contributed by atoms with Crippen LogP contribution in [0.25, 0.3) is 0 Å². The molecule has 1 aliphatic heterocycles. The van der Waals surface area contributed by atoms with Gasteiger partial charge in [0, 0.05) is 6.42 Å². The first-order valence-electron chi connectivity index (χ1n) is 17.7. The Kier molecular flexibility index (Phi) is 25.3. The van der Waals surface area contributed by atoms with Crippen LogP contribution in [0.2, 0.25) is 0 Å². The van der Waals surface area contributed by atoms with E-state index in [2.05, 4.69) is 55.6 Å². The van der Waals surface area contributed by atoms with Crippen molar-refractivity contribution in [3.05, 3.63) is 36.5 Å². The maximum Gasteiger partial charge on any atom is 0.220 e. The van der Waals surface area contributed by atoms with Gasteiger partial charge in [0.05, 0.1) is 25.4 Å². The zero-order valence-electron chi connectivity index (χ0n) is 28.1. The highest BCUT2D eigenvalue weighted by Crippen LogP contribution is 2.22. The summed E-state index contributed by atoms with van der Waals surface area (Å²) in [4.78, 5) is 12.8. The Morgan fingerprint density at radius 1 is 0.778 bits per heavy atom. The van der Waals surface area contributed by atoms with Gasteiger partial charge in [0.2, 0.25) is 5.91 Å². The Morgan fingerprint density at radius 2 is 1.38 bits per heavy atom. The van der Waals surface area contributed by atoms with Gasteiger partial charge in [-0.3, -0.25) is 4.79 Å². The minimum atomic E-state index is -1.55. The molecule has 1 rings (SSSR count). The van der Waals surface area contributed by atoms with E-state index in [-0.39, 0.29) is 12.5 Å². The standard InChI is InChI=1S/C36H65NO8/c1-3-5-7-9-10-11-12-13-14-15-16-17-18-19-20-22-24-26-32(40)37-29(30(39)25-23-21-8-6-4-2)28-44-36-35(43)34(42)33(41)31(27-38)45-36/h5,7,10-11,13-14,29-31,33-36,38-39,41-43H,3-4,6,8-9,12,15-28H2,1-2H3,(H,37,40)/b7-5-,11-10-,14-13-. The third-order valence-electron chi connectivity index (χ3n) is 8.26. The minimum absolute atomic E-state index is 0.146. The smallest absolute Gasteiger partial charge is 0.220 e. The summed E-state index contributed by atoms with van der Waals surface area (Å²) < 4.78 is 11.1. The lowest BCUT2D eigenvalue weighted by Gasteiger charge is -2.40. The van der Waals surface area contributed by atoms with Crippen molar-refractivity contribution >= 4 is 5.91 Å². The molecule has 0 aromatic heterocycles. The number of nitrogens with one attached hydrogen (secondary N) is 1. The van der Waals surface area contributed by atoms with Gasteiger partial charge in [-0.15, -0.1) is 0 Å². The summed E-state index contributed by atoms with van der Waals surface area (Å²) in [5.41, 5.74) is 0. The Bertz CT molecular complexity index is 802. The van der Waals surface area contributed by atoms with E-state index < -0.39 is 49.5 Å². The number of hydrogen-bond donors (Lipinski definition) is 6. The molecule has 0 bridgehead atoms. The van der Waals surface area contributed by atoms with Crippen LogP contribution in [0.1, 0.15) is 129 Å². The Hall–Kier alpha value is -1.59. The molecule has 1 saturated heterocycles. The second-order valence-corrected chi connectivity index (χ2v) is 12.3. The molecule has 9 heteroatoms. The summed E-state index contributed by atoms with van der Waals surface area (Å²) in [6.07, 6.45) is 23.4. The second kappa shape index (κ2) is 27.5. The quantitative estimate of drug-likeness (QED) is 0.0519. The topological polar surface area (TPSA) is 149 Å². The Balaban J connectivity index is 2.34. The highest BCUT2D eigenvalue weighted by molar-refractivity contribution is 5.76. The van der Waals surface area contributed by atoms with Crippen LogP contribution in [0.15, 0.2) is 36.5 Å². The first-order valence-corrected chi connectivity index (χ1v) is 17.7. The van der Waals surface area contributed by atoms with Gasteiger partial charge in [-0.2, -0.15) is 0 Å². The van der Waals surface area contributed by atoms with E-state index in [0.717, 1.165) is 83.5 Å². The van der Waals surface area contributed by atoms with Crippen LogP contribution in [-0.2, 0) is 14.3 Å². The number of rotatable bonds is 27. The molecule has 0 aromatic rings. The van der Waals surface area contributed by atoms with Gasteiger partial charge in [-0.05, 0) is 44.9 Å². The van der Waals surface area contributed by atoms with Gasteiger partial charge in [0.25, 0.3) is 0 Å². The number of aliphatic hydroxyl groups is 5. The van der Waals surface area contributed by atoms with Crippen molar-refractivity contribution in [3.8, 4) is 0 Å². The molecule has 6 N–H and O–H groups in total. The molecule has 262 valence electrons. The van der Waals surface area contributed by atoms with E-state index in [9.17, 15) is 30.3 Å². The van der Waals surface area contributed by atoms with Gasteiger partial charge >= 0.3 is 0 Å².